The topological polar surface area (TPSA) is 18.5 Å². The van der Waals surface area contributed by atoms with Crippen molar-refractivity contribution in [1.29, 1.82) is 0 Å². The summed E-state index contributed by atoms with van der Waals surface area (Å²) in [5.74, 6) is 0. The van der Waals surface area contributed by atoms with Gasteiger partial charge in [-0.25, -0.2) is 0 Å². The van der Waals surface area contributed by atoms with Crippen molar-refractivity contribution < 1.29 is 8.37 Å². The van der Waals surface area contributed by atoms with Gasteiger partial charge in [-0.05, 0) is 45.0 Å². The van der Waals surface area contributed by atoms with Crippen LogP contribution in [0.5, 0.6) is 0 Å². The summed E-state index contributed by atoms with van der Waals surface area (Å²) in [4.78, 5) is 2.21. The maximum Gasteiger partial charge on any atom is 0.0694 e. The molecule has 0 atom stereocenters. The van der Waals surface area contributed by atoms with Gasteiger partial charge in [-0.3, -0.25) is 8.37 Å². The zero-order valence-corrected chi connectivity index (χ0v) is 13.2. The van der Waals surface area contributed by atoms with Gasteiger partial charge in [-0.15, -0.1) is 10.6 Å². The maximum atomic E-state index is 6.14. The Bertz CT molecular complexity index is 516. The molecule has 2 aromatic carbocycles. The van der Waals surface area contributed by atoms with Crippen LogP contribution >= 0.6 is 10.6 Å². The normalized spacial score (nSPS) is 12.3. The molecule has 20 heavy (non-hydrogen) atoms. The lowest BCUT2D eigenvalue weighted by Gasteiger charge is -2.43. The molecule has 108 valence electrons. The van der Waals surface area contributed by atoms with Crippen LogP contribution in [0.2, 0.25) is 0 Å². The molecule has 2 rings (SSSR count). The van der Waals surface area contributed by atoms with E-state index in [0.29, 0.717) is 13.2 Å². The molecule has 0 heterocycles. The van der Waals surface area contributed by atoms with E-state index >= 15 is 0 Å². The highest BCUT2D eigenvalue weighted by atomic mass is 32.3. The Balaban J connectivity index is 2.54. The van der Waals surface area contributed by atoms with Crippen LogP contribution < -0.4 is 0 Å². The molecule has 0 spiro atoms. The van der Waals surface area contributed by atoms with E-state index in [9.17, 15) is 0 Å². The van der Waals surface area contributed by atoms with E-state index in [-0.39, 0.29) is 0 Å². The predicted octanol–water partition coefficient (Wildman–Crippen LogP) is 5.12. The molecule has 0 saturated carbocycles. The van der Waals surface area contributed by atoms with Gasteiger partial charge in [0.2, 0.25) is 0 Å². The fraction of sp³-hybridized carbons (Fsp3) is 0.294. The van der Waals surface area contributed by atoms with Gasteiger partial charge in [0.1, 0.15) is 0 Å². The average Bonchev–Trinajstić information content (AvgIpc) is 2.48. The Hall–Kier alpha value is -1.29. The fourth-order valence-electron chi connectivity index (χ4n) is 2.09. The third-order valence-electron chi connectivity index (χ3n) is 2.95. The lowest BCUT2D eigenvalue weighted by molar-refractivity contribution is 0.275. The summed E-state index contributed by atoms with van der Waals surface area (Å²) >= 11 is 0. The van der Waals surface area contributed by atoms with Crippen LogP contribution in [-0.4, -0.2) is 13.2 Å². The number of hydrogen-bond acceptors (Lipinski definition) is 2. The molecule has 0 aliphatic heterocycles. The lowest BCUT2D eigenvalue weighted by atomic mass is 10.2. The summed E-state index contributed by atoms with van der Waals surface area (Å²) in [7, 11) is -1.87. The second-order valence-electron chi connectivity index (χ2n) is 4.44. The van der Waals surface area contributed by atoms with Crippen molar-refractivity contribution in [3.05, 3.63) is 60.2 Å². The van der Waals surface area contributed by atoms with Crippen molar-refractivity contribution >= 4 is 10.6 Å². The van der Waals surface area contributed by atoms with E-state index in [1.165, 1.54) is 5.56 Å². The Morgan fingerprint density at radius 1 is 0.750 bits per heavy atom. The van der Waals surface area contributed by atoms with Gasteiger partial charge in [0.25, 0.3) is 0 Å². The molecule has 0 amide bonds. The first-order valence-corrected chi connectivity index (χ1v) is 8.45. The zero-order valence-electron chi connectivity index (χ0n) is 12.3. The minimum Gasteiger partial charge on any atom is -0.276 e. The van der Waals surface area contributed by atoms with Crippen LogP contribution in [0.15, 0.2) is 64.4 Å². The van der Waals surface area contributed by atoms with Crippen molar-refractivity contribution in [3.8, 4) is 0 Å². The van der Waals surface area contributed by atoms with Crippen LogP contribution in [0.1, 0.15) is 19.4 Å². The van der Waals surface area contributed by atoms with Crippen molar-refractivity contribution in [1.82, 2.24) is 0 Å². The quantitative estimate of drug-likeness (QED) is 0.735. The Morgan fingerprint density at radius 3 is 1.75 bits per heavy atom. The molecule has 0 fully saturated rings. The second-order valence-corrected chi connectivity index (χ2v) is 6.86. The molecular weight excluding hydrogens is 268 g/mol. The smallest absolute Gasteiger partial charge is 0.0694 e. The number of benzene rings is 2. The van der Waals surface area contributed by atoms with Crippen molar-refractivity contribution in [2.75, 3.05) is 13.2 Å². The SMILES string of the molecule is CCOS(OCC)(c1ccccc1)c1ccc(C)cc1. The number of hydrogen-bond donors (Lipinski definition) is 0. The Morgan fingerprint density at radius 2 is 1.25 bits per heavy atom. The standard InChI is InChI=1S/C17H22O2S/c1-4-18-20(19-5-2,16-9-7-6-8-10-16)17-13-11-15(3)12-14-17/h6-14H,4-5H2,1-3H3. The minimum absolute atomic E-state index is 0.623. The van der Waals surface area contributed by atoms with Crippen molar-refractivity contribution in [3.63, 3.8) is 0 Å². The number of aryl methyl sites for hydroxylation is 1. The molecule has 0 saturated heterocycles. The minimum atomic E-state index is -1.87. The summed E-state index contributed by atoms with van der Waals surface area (Å²) in [5.41, 5.74) is 1.24. The van der Waals surface area contributed by atoms with E-state index in [2.05, 4.69) is 43.3 Å². The second kappa shape index (κ2) is 6.93. The maximum absolute atomic E-state index is 6.14. The monoisotopic (exact) mass is 290 g/mol. The van der Waals surface area contributed by atoms with E-state index in [1.807, 2.05) is 32.0 Å². The first-order valence-electron chi connectivity index (χ1n) is 6.97. The predicted molar refractivity (Wildman–Crippen MR) is 85.0 cm³/mol. The highest BCUT2D eigenvalue weighted by Gasteiger charge is 2.26. The molecule has 0 radical (unpaired) electrons. The molecule has 2 nitrogen and oxygen atoms in total. The molecule has 0 aromatic heterocycles. The van der Waals surface area contributed by atoms with Gasteiger partial charge in [0.15, 0.2) is 0 Å². The molecule has 0 bridgehead atoms. The van der Waals surface area contributed by atoms with Crippen LogP contribution in [-0.2, 0) is 8.37 Å². The van der Waals surface area contributed by atoms with Crippen LogP contribution in [0.25, 0.3) is 0 Å². The molecular formula is C17H22O2S. The van der Waals surface area contributed by atoms with E-state index in [1.54, 1.807) is 0 Å². The van der Waals surface area contributed by atoms with Crippen LogP contribution in [0.3, 0.4) is 0 Å². The van der Waals surface area contributed by atoms with Gasteiger partial charge in [0.05, 0.1) is 23.0 Å². The van der Waals surface area contributed by atoms with Crippen molar-refractivity contribution in [2.24, 2.45) is 0 Å². The van der Waals surface area contributed by atoms with Crippen LogP contribution in [0, 0.1) is 6.92 Å². The summed E-state index contributed by atoms with van der Waals surface area (Å²) in [6.07, 6.45) is 0. The molecule has 0 aliphatic carbocycles. The van der Waals surface area contributed by atoms with E-state index < -0.39 is 10.6 Å². The van der Waals surface area contributed by atoms with Crippen molar-refractivity contribution in [2.45, 2.75) is 30.6 Å². The zero-order chi connectivity index (χ0) is 14.4. The molecule has 0 aliphatic rings. The van der Waals surface area contributed by atoms with Gasteiger partial charge in [-0.1, -0.05) is 35.9 Å². The van der Waals surface area contributed by atoms with Gasteiger partial charge in [-0.2, -0.15) is 0 Å². The first-order chi connectivity index (χ1) is 9.73. The van der Waals surface area contributed by atoms with Gasteiger partial charge >= 0.3 is 0 Å². The first kappa shape index (κ1) is 15.1. The summed E-state index contributed by atoms with van der Waals surface area (Å²) in [5, 5.41) is 0. The van der Waals surface area contributed by atoms with Crippen LogP contribution in [0.4, 0.5) is 0 Å². The third kappa shape index (κ3) is 3.06. The third-order valence-corrected chi connectivity index (χ3v) is 5.87. The highest BCUT2D eigenvalue weighted by molar-refractivity contribution is 8.26. The average molecular weight is 290 g/mol. The molecule has 2 aromatic rings. The Labute approximate surface area is 123 Å². The summed E-state index contributed by atoms with van der Waals surface area (Å²) in [6.45, 7) is 7.36. The summed E-state index contributed by atoms with van der Waals surface area (Å²) < 4.78 is 12.3. The lowest BCUT2D eigenvalue weighted by Crippen LogP contribution is -2.10. The molecule has 0 N–H and O–H groups in total. The van der Waals surface area contributed by atoms with Gasteiger partial charge < -0.3 is 0 Å². The van der Waals surface area contributed by atoms with E-state index in [4.69, 9.17) is 8.37 Å². The summed E-state index contributed by atoms with van der Waals surface area (Å²) in [6, 6.07) is 18.7. The molecule has 3 heteroatoms. The molecule has 0 unspecified atom stereocenters. The fourth-order valence-corrected chi connectivity index (χ4v) is 4.65. The largest absolute Gasteiger partial charge is 0.276 e. The number of rotatable bonds is 6. The van der Waals surface area contributed by atoms with E-state index in [0.717, 1.165) is 9.79 Å². The Kier molecular flexibility index (Phi) is 5.24. The van der Waals surface area contributed by atoms with Gasteiger partial charge in [0, 0.05) is 0 Å². The highest BCUT2D eigenvalue weighted by Crippen LogP contribution is 2.64.